The van der Waals surface area contributed by atoms with E-state index in [1.54, 1.807) is 4.68 Å². The van der Waals surface area contributed by atoms with Crippen molar-refractivity contribution in [2.75, 3.05) is 12.1 Å². The third-order valence-electron chi connectivity index (χ3n) is 4.29. The topological polar surface area (TPSA) is 87.0 Å². The SMILES string of the molecule is Cc1nc(Nc2ccc3c(c2)OCO3)c2nnn(Cc3ccccc3)c2n1. The summed E-state index contributed by atoms with van der Waals surface area (Å²) < 4.78 is 12.6. The average Bonchev–Trinajstić information content (AvgIpc) is 3.29. The summed E-state index contributed by atoms with van der Waals surface area (Å²) in [6.07, 6.45) is 0. The van der Waals surface area contributed by atoms with Crippen LogP contribution in [0, 0.1) is 6.92 Å². The van der Waals surface area contributed by atoms with Gasteiger partial charge in [0.25, 0.3) is 0 Å². The van der Waals surface area contributed by atoms with Crippen molar-refractivity contribution < 1.29 is 9.47 Å². The van der Waals surface area contributed by atoms with Gasteiger partial charge >= 0.3 is 0 Å². The van der Waals surface area contributed by atoms with Gasteiger partial charge in [0.15, 0.2) is 28.5 Å². The Kier molecular flexibility index (Phi) is 3.60. The number of ether oxygens (including phenoxy) is 2. The standard InChI is InChI=1S/C19H16N6O2/c1-12-20-18(22-14-7-8-15-16(9-14)27-11-26-15)17-19(21-12)25(24-23-17)10-13-5-3-2-4-6-13/h2-9H,10-11H2,1H3,(H,20,21,22). The Labute approximate surface area is 154 Å². The maximum absolute atomic E-state index is 5.43. The fourth-order valence-corrected chi connectivity index (χ4v) is 3.03. The fourth-order valence-electron chi connectivity index (χ4n) is 3.03. The molecule has 5 rings (SSSR count). The first-order valence-electron chi connectivity index (χ1n) is 8.55. The number of nitrogens with one attached hydrogen (secondary N) is 1. The first kappa shape index (κ1) is 15.6. The minimum atomic E-state index is 0.240. The Morgan fingerprint density at radius 2 is 1.89 bits per heavy atom. The van der Waals surface area contributed by atoms with E-state index in [0.29, 0.717) is 35.1 Å². The van der Waals surface area contributed by atoms with Gasteiger partial charge in [0.1, 0.15) is 5.82 Å². The van der Waals surface area contributed by atoms with Crippen LogP contribution in [0.2, 0.25) is 0 Å². The number of benzene rings is 2. The number of rotatable bonds is 4. The molecular weight excluding hydrogens is 344 g/mol. The van der Waals surface area contributed by atoms with Crippen molar-refractivity contribution in [3.05, 3.63) is 59.9 Å². The summed E-state index contributed by atoms with van der Waals surface area (Å²) in [4.78, 5) is 9.03. The van der Waals surface area contributed by atoms with E-state index < -0.39 is 0 Å². The third-order valence-corrected chi connectivity index (χ3v) is 4.29. The molecule has 8 nitrogen and oxygen atoms in total. The van der Waals surface area contributed by atoms with Crippen molar-refractivity contribution in [2.45, 2.75) is 13.5 Å². The van der Waals surface area contributed by atoms with Crippen LogP contribution in [0.4, 0.5) is 11.5 Å². The van der Waals surface area contributed by atoms with E-state index in [-0.39, 0.29) is 6.79 Å². The second-order valence-electron chi connectivity index (χ2n) is 6.22. The molecule has 1 aliphatic heterocycles. The highest BCUT2D eigenvalue weighted by atomic mass is 16.7. The summed E-state index contributed by atoms with van der Waals surface area (Å²) in [5.41, 5.74) is 3.27. The number of aryl methyl sites for hydroxylation is 1. The zero-order valence-electron chi connectivity index (χ0n) is 14.6. The van der Waals surface area contributed by atoms with Crippen LogP contribution in [0.3, 0.4) is 0 Å². The molecule has 3 heterocycles. The van der Waals surface area contributed by atoms with Crippen LogP contribution in [0.5, 0.6) is 11.5 Å². The molecule has 0 radical (unpaired) electrons. The second kappa shape index (κ2) is 6.24. The lowest BCUT2D eigenvalue weighted by molar-refractivity contribution is 0.174. The minimum absolute atomic E-state index is 0.240. The highest BCUT2D eigenvalue weighted by Gasteiger charge is 2.16. The maximum Gasteiger partial charge on any atom is 0.231 e. The Morgan fingerprint density at radius 1 is 1.04 bits per heavy atom. The molecule has 134 valence electrons. The van der Waals surface area contributed by atoms with Gasteiger partial charge in [-0.15, -0.1) is 5.10 Å². The van der Waals surface area contributed by atoms with Crippen molar-refractivity contribution in [1.82, 2.24) is 25.0 Å². The molecule has 0 amide bonds. The monoisotopic (exact) mass is 360 g/mol. The van der Waals surface area contributed by atoms with Gasteiger partial charge in [-0.1, -0.05) is 35.5 Å². The highest BCUT2D eigenvalue weighted by Crippen LogP contribution is 2.35. The molecule has 0 atom stereocenters. The van der Waals surface area contributed by atoms with Gasteiger partial charge < -0.3 is 14.8 Å². The molecular formula is C19H16N6O2. The molecule has 1 aliphatic rings. The first-order valence-corrected chi connectivity index (χ1v) is 8.55. The van der Waals surface area contributed by atoms with Gasteiger partial charge in [-0.25, -0.2) is 14.6 Å². The van der Waals surface area contributed by atoms with Crippen molar-refractivity contribution >= 4 is 22.7 Å². The minimum Gasteiger partial charge on any atom is -0.454 e. The largest absolute Gasteiger partial charge is 0.454 e. The van der Waals surface area contributed by atoms with Gasteiger partial charge in [-0.2, -0.15) is 0 Å². The van der Waals surface area contributed by atoms with E-state index in [2.05, 4.69) is 25.6 Å². The van der Waals surface area contributed by atoms with E-state index >= 15 is 0 Å². The smallest absolute Gasteiger partial charge is 0.231 e. The Hall–Kier alpha value is -3.68. The summed E-state index contributed by atoms with van der Waals surface area (Å²) in [5, 5.41) is 11.9. The molecule has 4 aromatic rings. The summed E-state index contributed by atoms with van der Waals surface area (Å²) >= 11 is 0. The van der Waals surface area contributed by atoms with Gasteiger partial charge in [0, 0.05) is 11.8 Å². The number of anilines is 2. The molecule has 2 aromatic heterocycles. The quantitative estimate of drug-likeness (QED) is 0.598. The number of hydrogen-bond donors (Lipinski definition) is 1. The summed E-state index contributed by atoms with van der Waals surface area (Å²) in [7, 11) is 0. The molecule has 8 heteroatoms. The highest BCUT2D eigenvalue weighted by molar-refractivity contribution is 5.85. The van der Waals surface area contributed by atoms with E-state index in [0.717, 1.165) is 17.0 Å². The Balaban J connectivity index is 1.51. The summed E-state index contributed by atoms with van der Waals surface area (Å²) in [5.74, 6) is 2.69. The number of hydrogen-bond acceptors (Lipinski definition) is 7. The molecule has 0 saturated heterocycles. The van der Waals surface area contributed by atoms with Gasteiger partial charge in [0.05, 0.1) is 6.54 Å². The van der Waals surface area contributed by atoms with Crippen molar-refractivity contribution in [3.63, 3.8) is 0 Å². The predicted molar refractivity (Wildman–Crippen MR) is 99.2 cm³/mol. The fraction of sp³-hybridized carbons (Fsp3) is 0.158. The molecule has 0 bridgehead atoms. The van der Waals surface area contributed by atoms with Crippen LogP contribution in [0.25, 0.3) is 11.2 Å². The molecule has 1 N–H and O–H groups in total. The lowest BCUT2D eigenvalue weighted by atomic mass is 10.2. The van der Waals surface area contributed by atoms with Crippen molar-refractivity contribution in [3.8, 4) is 11.5 Å². The van der Waals surface area contributed by atoms with E-state index in [1.807, 2.05) is 55.5 Å². The van der Waals surface area contributed by atoms with E-state index in [1.165, 1.54) is 0 Å². The van der Waals surface area contributed by atoms with Gasteiger partial charge in [0.2, 0.25) is 6.79 Å². The molecule has 0 unspecified atom stereocenters. The molecule has 0 fully saturated rings. The first-order chi connectivity index (χ1) is 13.3. The number of nitrogens with zero attached hydrogens (tertiary/aromatic N) is 5. The van der Waals surface area contributed by atoms with Crippen LogP contribution in [0.1, 0.15) is 11.4 Å². The molecule has 27 heavy (non-hydrogen) atoms. The van der Waals surface area contributed by atoms with Crippen molar-refractivity contribution in [1.29, 1.82) is 0 Å². The Bertz CT molecular complexity index is 1130. The lowest BCUT2D eigenvalue weighted by Gasteiger charge is -2.08. The zero-order valence-corrected chi connectivity index (χ0v) is 14.6. The zero-order chi connectivity index (χ0) is 18.2. The van der Waals surface area contributed by atoms with Crippen LogP contribution in [-0.4, -0.2) is 31.8 Å². The van der Waals surface area contributed by atoms with Crippen LogP contribution < -0.4 is 14.8 Å². The third kappa shape index (κ3) is 2.91. The normalized spacial score (nSPS) is 12.5. The molecule has 0 saturated carbocycles. The number of fused-ring (bicyclic) bond motifs is 2. The molecule has 0 spiro atoms. The van der Waals surface area contributed by atoms with Crippen LogP contribution >= 0.6 is 0 Å². The summed E-state index contributed by atoms with van der Waals surface area (Å²) in [6, 6.07) is 15.7. The second-order valence-corrected chi connectivity index (χ2v) is 6.22. The summed E-state index contributed by atoms with van der Waals surface area (Å²) in [6.45, 7) is 2.69. The number of aromatic nitrogens is 5. The van der Waals surface area contributed by atoms with Crippen LogP contribution in [0.15, 0.2) is 48.5 Å². The maximum atomic E-state index is 5.43. The van der Waals surface area contributed by atoms with E-state index in [9.17, 15) is 0 Å². The Morgan fingerprint density at radius 3 is 2.78 bits per heavy atom. The predicted octanol–water partition coefficient (Wildman–Crippen LogP) is 3.05. The van der Waals surface area contributed by atoms with Crippen LogP contribution in [-0.2, 0) is 6.54 Å². The van der Waals surface area contributed by atoms with Crippen molar-refractivity contribution in [2.24, 2.45) is 0 Å². The molecule has 0 aliphatic carbocycles. The molecule has 2 aromatic carbocycles. The average molecular weight is 360 g/mol. The lowest BCUT2D eigenvalue weighted by Crippen LogP contribution is -2.04. The van der Waals surface area contributed by atoms with Gasteiger partial charge in [-0.05, 0) is 24.6 Å². The van der Waals surface area contributed by atoms with E-state index in [4.69, 9.17) is 9.47 Å². The van der Waals surface area contributed by atoms with Gasteiger partial charge in [-0.3, -0.25) is 0 Å².